The second kappa shape index (κ2) is 7.73. The number of nitrogens with zero attached hydrogens (tertiary/aromatic N) is 1. The van der Waals surface area contributed by atoms with Gasteiger partial charge in [-0.25, -0.2) is 4.79 Å². The van der Waals surface area contributed by atoms with Crippen LogP contribution in [-0.2, 0) is 0 Å². The van der Waals surface area contributed by atoms with E-state index < -0.39 is 0 Å². The van der Waals surface area contributed by atoms with E-state index in [1.807, 2.05) is 0 Å². The third-order valence-corrected chi connectivity index (χ3v) is 4.30. The highest BCUT2D eigenvalue weighted by Crippen LogP contribution is 2.17. The lowest BCUT2D eigenvalue weighted by molar-refractivity contribution is 0.200. The molecule has 1 unspecified atom stereocenters. The number of urea groups is 1. The van der Waals surface area contributed by atoms with E-state index in [4.69, 9.17) is 0 Å². The summed E-state index contributed by atoms with van der Waals surface area (Å²) in [5.74, 6) is 0. The highest BCUT2D eigenvalue weighted by molar-refractivity contribution is 5.74. The third-order valence-electron chi connectivity index (χ3n) is 4.30. The molecule has 2 rings (SSSR count). The Kier molecular flexibility index (Phi) is 5.95. The summed E-state index contributed by atoms with van der Waals surface area (Å²) in [5, 5.41) is 6.20. The number of likely N-dealkylation sites (tertiary alicyclic amines) is 1. The Balaban J connectivity index is 1.63. The first-order valence-electron chi connectivity index (χ1n) is 8.03. The van der Waals surface area contributed by atoms with Crippen molar-refractivity contribution in [2.45, 2.75) is 70.4 Å². The Hall–Kier alpha value is -0.770. The SMILES string of the molecule is CC(CN1CCCCC1)NC(=O)NC1CCCCC1. The Morgan fingerprint density at radius 1 is 1.11 bits per heavy atom. The molecule has 4 heteroatoms. The Labute approximate surface area is 117 Å². The first kappa shape index (κ1) is 14.6. The number of amides is 2. The molecule has 0 aromatic carbocycles. The molecule has 0 bridgehead atoms. The van der Waals surface area contributed by atoms with Crippen LogP contribution in [0.15, 0.2) is 0 Å². The van der Waals surface area contributed by atoms with E-state index in [1.165, 1.54) is 51.6 Å². The zero-order valence-corrected chi connectivity index (χ0v) is 12.3. The van der Waals surface area contributed by atoms with Crippen molar-refractivity contribution in [3.05, 3.63) is 0 Å². The van der Waals surface area contributed by atoms with Crippen LogP contribution in [0.1, 0.15) is 58.3 Å². The molecule has 1 aliphatic heterocycles. The van der Waals surface area contributed by atoms with Crippen LogP contribution in [0.5, 0.6) is 0 Å². The first-order valence-corrected chi connectivity index (χ1v) is 8.03. The number of piperidine rings is 1. The molecule has 1 saturated carbocycles. The Morgan fingerprint density at radius 2 is 1.74 bits per heavy atom. The van der Waals surface area contributed by atoms with Crippen LogP contribution in [0.2, 0.25) is 0 Å². The van der Waals surface area contributed by atoms with E-state index in [0.717, 1.165) is 19.4 Å². The van der Waals surface area contributed by atoms with Gasteiger partial charge in [0.15, 0.2) is 0 Å². The van der Waals surface area contributed by atoms with Gasteiger partial charge >= 0.3 is 6.03 Å². The molecule has 2 fully saturated rings. The highest BCUT2D eigenvalue weighted by atomic mass is 16.2. The Bertz CT molecular complexity index is 271. The largest absolute Gasteiger partial charge is 0.335 e. The molecule has 0 aromatic heterocycles. The number of hydrogen-bond donors (Lipinski definition) is 2. The molecule has 1 atom stereocenters. The Morgan fingerprint density at radius 3 is 2.42 bits per heavy atom. The molecule has 2 aliphatic rings. The molecule has 110 valence electrons. The number of carbonyl (C=O) groups is 1. The van der Waals surface area contributed by atoms with Gasteiger partial charge in [0.05, 0.1) is 0 Å². The third kappa shape index (κ3) is 5.39. The zero-order valence-electron chi connectivity index (χ0n) is 12.3. The molecular weight excluding hydrogens is 238 g/mol. The van der Waals surface area contributed by atoms with Crippen molar-refractivity contribution in [2.24, 2.45) is 0 Å². The van der Waals surface area contributed by atoms with Gasteiger partial charge in [-0.15, -0.1) is 0 Å². The van der Waals surface area contributed by atoms with E-state index >= 15 is 0 Å². The fourth-order valence-electron chi connectivity index (χ4n) is 3.27. The minimum Gasteiger partial charge on any atom is -0.335 e. The van der Waals surface area contributed by atoms with Gasteiger partial charge < -0.3 is 15.5 Å². The molecule has 4 nitrogen and oxygen atoms in total. The number of carbonyl (C=O) groups excluding carboxylic acids is 1. The summed E-state index contributed by atoms with van der Waals surface area (Å²) in [6.45, 7) is 5.47. The van der Waals surface area contributed by atoms with E-state index in [2.05, 4.69) is 22.5 Å². The summed E-state index contributed by atoms with van der Waals surface area (Å²) in [6.07, 6.45) is 10.1. The van der Waals surface area contributed by atoms with Gasteiger partial charge in [-0.05, 0) is 45.7 Å². The van der Waals surface area contributed by atoms with E-state index in [1.54, 1.807) is 0 Å². The summed E-state index contributed by atoms with van der Waals surface area (Å²) >= 11 is 0. The predicted molar refractivity (Wildman–Crippen MR) is 78.3 cm³/mol. The zero-order chi connectivity index (χ0) is 13.5. The lowest BCUT2D eigenvalue weighted by atomic mass is 9.96. The highest BCUT2D eigenvalue weighted by Gasteiger charge is 2.18. The van der Waals surface area contributed by atoms with Crippen molar-refractivity contribution in [2.75, 3.05) is 19.6 Å². The maximum Gasteiger partial charge on any atom is 0.315 e. The monoisotopic (exact) mass is 267 g/mol. The summed E-state index contributed by atoms with van der Waals surface area (Å²) < 4.78 is 0. The average Bonchev–Trinajstić information content (AvgIpc) is 2.40. The van der Waals surface area contributed by atoms with Gasteiger partial charge in [-0.1, -0.05) is 25.7 Å². The van der Waals surface area contributed by atoms with Gasteiger partial charge in [0.2, 0.25) is 0 Å². The lowest BCUT2D eigenvalue weighted by Crippen LogP contribution is -2.49. The fraction of sp³-hybridized carbons (Fsp3) is 0.933. The summed E-state index contributed by atoms with van der Waals surface area (Å²) in [4.78, 5) is 14.4. The minimum absolute atomic E-state index is 0.0245. The standard InChI is InChI=1S/C15H29N3O/c1-13(12-18-10-6-3-7-11-18)16-15(19)17-14-8-4-2-5-9-14/h13-14H,2-12H2,1H3,(H2,16,17,19). The van der Waals surface area contributed by atoms with Gasteiger partial charge in [-0.2, -0.15) is 0 Å². The second-order valence-electron chi connectivity index (χ2n) is 6.22. The van der Waals surface area contributed by atoms with Crippen LogP contribution >= 0.6 is 0 Å². The normalized spacial score (nSPS) is 23.8. The van der Waals surface area contributed by atoms with Crippen LogP contribution < -0.4 is 10.6 Å². The van der Waals surface area contributed by atoms with Crippen molar-refractivity contribution in [3.8, 4) is 0 Å². The van der Waals surface area contributed by atoms with E-state index in [0.29, 0.717) is 6.04 Å². The molecule has 2 amide bonds. The topological polar surface area (TPSA) is 44.4 Å². The average molecular weight is 267 g/mol. The van der Waals surface area contributed by atoms with Crippen molar-refractivity contribution < 1.29 is 4.79 Å². The molecular formula is C15H29N3O. The molecule has 0 spiro atoms. The van der Waals surface area contributed by atoms with Gasteiger partial charge in [-0.3, -0.25) is 0 Å². The molecule has 1 heterocycles. The minimum atomic E-state index is 0.0245. The predicted octanol–water partition coefficient (Wildman–Crippen LogP) is 2.49. The lowest BCUT2D eigenvalue weighted by Gasteiger charge is -2.30. The molecule has 2 N–H and O–H groups in total. The fourth-order valence-corrected chi connectivity index (χ4v) is 3.27. The van der Waals surface area contributed by atoms with E-state index in [9.17, 15) is 4.79 Å². The van der Waals surface area contributed by atoms with Crippen molar-refractivity contribution in [1.82, 2.24) is 15.5 Å². The number of hydrogen-bond acceptors (Lipinski definition) is 2. The van der Waals surface area contributed by atoms with Crippen LogP contribution in [-0.4, -0.2) is 42.6 Å². The summed E-state index contributed by atoms with van der Waals surface area (Å²) in [6, 6.07) is 0.661. The molecule has 1 saturated heterocycles. The van der Waals surface area contributed by atoms with E-state index in [-0.39, 0.29) is 12.1 Å². The molecule has 1 aliphatic carbocycles. The summed E-state index contributed by atoms with van der Waals surface area (Å²) in [5.41, 5.74) is 0. The van der Waals surface area contributed by atoms with Gasteiger partial charge in [0.25, 0.3) is 0 Å². The smallest absolute Gasteiger partial charge is 0.315 e. The van der Waals surface area contributed by atoms with Crippen molar-refractivity contribution in [3.63, 3.8) is 0 Å². The summed E-state index contributed by atoms with van der Waals surface area (Å²) in [7, 11) is 0. The maximum absolute atomic E-state index is 11.9. The van der Waals surface area contributed by atoms with Gasteiger partial charge in [0.1, 0.15) is 0 Å². The molecule has 0 aromatic rings. The van der Waals surface area contributed by atoms with Crippen molar-refractivity contribution in [1.29, 1.82) is 0 Å². The maximum atomic E-state index is 11.9. The van der Waals surface area contributed by atoms with Crippen LogP contribution in [0.3, 0.4) is 0 Å². The first-order chi connectivity index (χ1) is 9.24. The number of rotatable bonds is 4. The molecule has 0 radical (unpaired) electrons. The van der Waals surface area contributed by atoms with Crippen LogP contribution in [0, 0.1) is 0 Å². The van der Waals surface area contributed by atoms with Crippen molar-refractivity contribution >= 4 is 6.03 Å². The number of nitrogens with one attached hydrogen (secondary N) is 2. The molecule has 19 heavy (non-hydrogen) atoms. The van der Waals surface area contributed by atoms with Crippen LogP contribution in [0.25, 0.3) is 0 Å². The quantitative estimate of drug-likeness (QED) is 0.822. The van der Waals surface area contributed by atoms with Crippen LogP contribution in [0.4, 0.5) is 4.79 Å². The second-order valence-corrected chi connectivity index (χ2v) is 6.22. The van der Waals surface area contributed by atoms with Gasteiger partial charge in [0, 0.05) is 18.6 Å².